The Morgan fingerprint density at radius 2 is 1.41 bits per heavy atom. The van der Waals surface area contributed by atoms with Crippen LogP contribution in [-0.4, -0.2) is 53.9 Å². The molecule has 2 fully saturated rings. The predicted octanol–water partition coefficient (Wildman–Crippen LogP) is 3.52. The molecule has 1 aliphatic heterocycles. The smallest absolute Gasteiger partial charge is 0.312 e. The first kappa shape index (κ1) is 21.6. The lowest BCUT2D eigenvalue weighted by Gasteiger charge is -2.35. The van der Waals surface area contributed by atoms with Crippen molar-refractivity contribution in [2.45, 2.75) is 76.7 Å². The van der Waals surface area contributed by atoms with Gasteiger partial charge in [-0.05, 0) is 25.0 Å². The van der Waals surface area contributed by atoms with Gasteiger partial charge in [-0.2, -0.15) is 0 Å². The lowest BCUT2D eigenvalue weighted by molar-refractivity contribution is -0.146. The van der Waals surface area contributed by atoms with E-state index in [-0.39, 0.29) is 11.9 Å². The largest absolute Gasteiger partial charge is 0.353 e. The average molecular weight is 401 g/mol. The molecule has 29 heavy (non-hydrogen) atoms. The summed E-state index contributed by atoms with van der Waals surface area (Å²) in [4.78, 5) is 33.5. The molecule has 1 saturated carbocycles. The van der Waals surface area contributed by atoms with Crippen LogP contribution in [0.5, 0.6) is 0 Å². The lowest BCUT2D eigenvalue weighted by Crippen LogP contribution is -2.54. The average Bonchev–Trinajstić information content (AvgIpc) is 2.76. The van der Waals surface area contributed by atoms with Gasteiger partial charge in [0.2, 0.25) is 0 Å². The highest BCUT2D eigenvalue weighted by atomic mass is 16.2. The topological polar surface area (TPSA) is 65.5 Å². The molecule has 2 amide bonds. The summed E-state index contributed by atoms with van der Waals surface area (Å²) in [5, 5.41) is 3.05. The molecule has 1 aliphatic carbocycles. The van der Waals surface area contributed by atoms with E-state index in [1.165, 1.54) is 44.9 Å². The molecular weight excluding hydrogens is 364 g/mol. The molecule has 1 aromatic rings. The summed E-state index contributed by atoms with van der Waals surface area (Å²) in [5.74, 6) is 0.127. The molecule has 0 radical (unpaired) electrons. The second-order valence-electron chi connectivity index (χ2n) is 8.40. The minimum Gasteiger partial charge on any atom is -0.353 e. The van der Waals surface area contributed by atoms with Crippen LogP contribution < -0.4 is 10.2 Å². The molecule has 1 aromatic heterocycles. The highest BCUT2D eigenvalue weighted by Gasteiger charge is 2.27. The normalized spacial score (nSPS) is 20.4. The van der Waals surface area contributed by atoms with Crippen molar-refractivity contribution in [2.75, 3.05) is 31.1 Å². The molecule has 160 valence electrons. The zero-order valence-electron chi connectivity index (χ0n) is 17.7. The second-order valence-corrected chi connectivity index (χ2v) is 8.40. The first-order valence-corrected chi connectivity index (χ1v) is 11.5. The maximum Gasteiger partial charge on any atom is 0.312 e. The van der Waals surface area contributed by atoms with E-state index in [1.54, 1.807) is 11.1 Å². The second kappa shape index (κ2) is 11.8. The number of rotatable bonds is 2. The molecule has 0 spiro atoms. The molecular formula is C23H36N4O2. The molecule has 0 bridgehead atoms. The Labute approximate surface area is 175 Å². The molecule has 1 N–H and O–H groups in total. The number of nitrogens with one attached hydrogen (secondary N) is 1. The van der Waals surface area contributed by atoms with Crippen molar-refractivity contribution in [1.29, 1.82) is 0 Å². The number of carbonyl (C=O) groups is 2. The van der Waals surface area contributed by atoms with Gasteiger partial charge in [0, 0.05) is 38.4 Å². The van der Waals surface area contributed by atoms with Gasteiger partial charge >= 0.3 is 11.8 Å². The van der Waals surface area contributed by atoms with Crippen LogP contribution in [0.2, 0.25) is 0 Å². The van der Waals surface area contributed by atoms with Gasteiger partial charge in [-0.25, -0.2) is 4.98 Å². The van der Waals surface area contributed by atoms with Crippen LogP contribution in [0.1, 0.15) is 70.6 Å². The first-order valence-electron chi connectivity index (χ1n) is 11.5. The summed E-state index contributed by atoms with van der Waals surface area (Å²) in [5.41, 5.74) is 0. The third kappa shape index (κ3) is 7.02. The molecule has 0 aromatic carbocycles. The van der Waals surface area contributed by atoms with Crippen LogP contribution in [0.3, 0.4) is 0 Å². The zero-order chi connectivity index (χ0) is 20.3. The highest BCUT2D eigenvalue weighted by molar-refractivity contribution is 6.35. The fourth-order valence-corrected chi connectivity index (χ4v) is 4.38. The fraction of sp³-hybridized carbons (Fsp3) is 0.696. The van der Waals surface area contributed by atoms with Crippen molar-refractivity contribution in [3.05, 3.63) is 24.4 Å². The molecule has 2 heterocycles. The van der Waals surface area contributed by atoms with Crippen LogP contribution in [-0.2, 0) is 9.59 Å². The van der Waals surface area contributed by atoms with E-state index < -0.39 is 5.91 Å². The molecule has 6 nitrogen and oxygen atoms in total. The van der Waals surface area contributed by atoms with Crippen molar-refractivity contribution in [3.8, 4) is 0 Å². The Hall–Kier alpha value is -2.11. The summed E-state index contributed by atoms with van der Waals surface area (Å²) in [6, 6.07) is 5.99. The van der Waals surface area contributed by atoms with Crippen LogP contribution in [0, 0.1) is 0 Å². The Kier molecular flexibility index (Phi) is 8.78. The zero-order valence-corrected chi connectivity index (χ0v) is 17.7. The molecule has 2 aliphatic rings. The van der Waals surface area contributed by atoms with E-state index in [0.717, 1.165) is 31.5 Å². The van der Waals surface area contributed by atoms with Crippen LogP contribution in [0.25, 0.3) is 0 Å². The molecule has 3 rings (SSSR count). The van der Waals surface area contributed by atoms with E-state index in [1.807, 2.05) is 18.2 Å². The number of aromatic nitrogens is 1. The minimum atomic E-state index is -0.423. The lowest BCUT2D eigenvalue weighted by atomic mass is 9.98. The Morgan fingerprint density at radius 3 is 1.97 bits per heavy atom. The van der Waals surface area contributed by atoms with Gasteiger partial charge in [0.25, 0.3) is 0 Å². The summed E-state index contributed by atoms with van der Waals surface area (Å²) in [7, 11) is 0. The van der Waals surface area contributed by atoms with Crippen molar-refractivity contribution in [1.82, 2.24) is 15.2 Å². The Balaban J connectivity index is 1.45. The monoisotopic (exact) mass is 400 g/mol. The number of hydrogen-bond acceptors (Lipinski definition) is 4. The number of pyridine rings is 1. The fourth-order valence-electron chi connectivity index (χ4n) is 4.38. The third-order valence-corrected chi connectivity index (χ3v) is 6.17. The number of amides is 2. The number of nitrogens with zero attached hydrogens (tertiary/aromatic N) is 3. The predicted molar refractivity (Wildman–Crippen MR) is 116 cm³/mol. The quantitative estimate of drug-likeness (QED) is 0.772. The van der Waals surface area contributed by atoms with E-state index in [0.29, 0.717) is 26.2 Å². The summed E-state index contributed by atoms with van der Waals surface area (Å²) >= 11 is 0. The van der Waals surface area contributed by atoms with Gasteiger partial charge in [-0.3, -0.25) is 9.59 Å². The van der Waals surface area contributed by atoms with Crippen molar-refractivity contribution in [2.24, 2.45) is 0 Å². The third-order valence-electron chi connectivity index (χ3n) is 6.17. The van der Waals surface area contributed by atoms with E-state index in [9.17, 15) is 9.59 Å². The number of hydrogen-bond donors (Lipinski definition) is 1. The van der Waals surface area contributed by atoms with Crippen LogP contribution in [0.15, 0.2) is 24.4 Å². The number of anilines is 1. The van der Waals surface area contributed by atoms with E-state index >= 15 is 0 Å². The van der Waals surface area contributed by atoms with Gasteiger partial charge < -0.3 is 15.1 Å². The molecule has 1 saturated heterocycles. The minimum absolute atomic E-state index is 0.140. The molecule has 0 unspecified atom stereocenters. The van der Waals surface area contributed by atoms with E-state index in [2.05, 4.69) is 15.2 Å². The van der Waals surface area contributed by atoms with Crippen molar-refractivity contribution in [3.63, 3.8) is 0 Å². The van der Waals surface area contributed by atoms with Crippen molar-refractivity contribution < 1.29 is 9.59 Å². The van der Waals surface area contributed by atoms with Crippen LogP contribution in [0.4, 0.5) is 5.82 Å². The summed E-state index contributed by atoms with van der Waals surface area (Å²) in [6.07, 6.45) is 15.1. The Morgan fingerprint density at radius 1 is 0.828 bits per heavy atom. The summed E-state index contributed by atoms with van der Waals surface area (Å²) in [6.45, 7) is 2.54. The molecule has 0 atom stereocenters. The summed E-state index contributed by atoms with van der Waals surface area (Å²) < 4.78 is 0. The van der Waals surface area contributed by atoms with Gasteiger partial charge in [-0.1, -0.05) is 63.9 Å². The van der Waals surface area contributed by atoms with Crippen LogP contribution >= 0.6 is 0 Å². The Bertz CT molecular complexity index is 617. The standard InChI is InChI=1S/C23H36N4O2/c28-22(25-20-12-8-6-4-2-1-3-5-7-9-13-20)23(29)27-18-16-26(17-19-27)21-14-10-11-15-24-21/h10-11,14-15,20H,1-9,12-13,16-19H2,(H,25,28). The maximum atomic E-state index is 12.7. The maximum absolute atomic E-state index is 12.7. The van der Waals surface area contributed by atoms with Gasteiger partial charge in [0.05, 0.1) is 0 Å². The van der Waals surface area contributed by atoms with Gasteiger partial charge in [-0.15, -0.1) is 0 Å². The SMILES string of the molecule is O=C(NC1CCCCCCCCCCC1)C(=O)N1CCN(c2ccccn2)CC1. The van der Waals surface area contributed by atoms with E-state index in [4.69, 9.17) is 0 Å². The highest BCUT2D eigenvalue weighted by Crippen LogP contribution is 2.17. The molecule has 6 heteroatoms. The van der Waals surface area contributed by atoms with Crippen molar-refractivity contribution >= 4 is 17.6 Å². The number of carbonyl (C=O) groups excluding carboxylic acids is 2. The van der Waals surface area contributed by atoms with Gasteiger partial charge in [0.1, 0.15) is 5.82 Å². The van der Waals surface area contributed by atoms with Gasteiger partial charge in [0.15, 0.2) is 0 Å². The first-order chi connectivity index (χ1) is 14.2. The number of piperazine rings is 1.